The molecule has 4 nitrogen and oxygen atoms in total. The van der Waals surface area contributed by atoms with Crippen molar-refractivity contribution in [1.82, 2.24) is 4.98 Å². The van der Waals surface area contributed by atoms with Gasteiger partial charge in [0.05, 0.1) is 5.69 Å². The van der Waals surface area contributed by atoms with E-state index in [0.717, 1.165) is 18.0 Å². The molecule has 0 fully saturated rings. The molecule has 1 aliphatic rings. The molecule has 0 bridgehead atoms. The number of nitrogens with zero attached hydrogens (tertiary/aromatic N) is 2. The monoisotopic (exact) mass is 358 g/mol. The van der Waals surface area contributed by atoms with Crippen molar-refractivity contribution in [3.05, 3.63) is 34.3 Å². The number of phenols is 2. The fourth-order valence-corrected chi connectivity index (χ4v) is 4.21. The summed E-state index contributed by atoms with van der Waals surface area (Å²) in [6.45, 7) is 0. The number of aromatic nitrogens is 1. The summed E-state index contributed by atoms with van der Waals surface area (Å²) in [4.78, 5) is 10.6. The van der Waals surface area contributed by atoms with E-state index in [-0.39, 0.29) is 11.5 Å². The number of aliphatic imine (C=N–C) groups is 1. The van der Waals surface area contributed by atoms with Crippen LogP contribution in [0.1, 0.15) is 67.5 Å². The number of hydrogen-bond donors (Lipinski definition) is 2. The van der Waals surface area contributed by atoms with Crippen LogP contribution in [0.3, 0.4) is 0 Å². The van der Waals surface area contributed by atoms with E-state index in [1.807, 2.05) is 0 Å². The van der Waals surface area contributed by atoms with Gasteiger partial charge in [-0.1, -0.05) is 49.9 Å². The predicted octanol–water partition coefficient (Wildman–Crippen LogP) is 5.52. The minimum absolute atomic E-state index is 0.0270. The first kappa shape index (κ1) is 17.9. The van der Waals surface area contributed by atoms with E-state index in [0.29, 0.717) is 5.56 Å². The Balaban J connectivity index is 1.74. The summed E-state index contributed by atoms with van der Waals surface area (Å²) in [7, 11) is 0. The summed E-state index contributed by atoms with van der Waals surface area (Å²) >= 11 is 1.67. The second kappa shape index (κ2) is 8.99. The third kappa shape index (κ3) is 5.30. The number of hydrogen-bond acceptors (Lipinski definition) is 5. The van der Waals surface area contributed by atoms with Crippen LogP contribution in [0.4, 0.5) is 5.13 Å². The van der Waals surface area contributed by atoms with E-state index in [9.17, 15) is 10.2 Å². The Labute approximate surface area is 153 Å². The number of benzene rings is 1. The van der Waals surface area contributed by atoms with Crippen molar-refractivity contribution in [2.24, 2.45) is 4.99 Å². The van der Waals surface area contributed by atoms with Gasteiger partial charge in [0, 0.05) is 22.7 Å². The molecule has 0 saturated heterocycles. The zero-order valence-electron chi connectivity index (χ0n) is 14.6. The molecule has 0 spiro atoms. The van der Waals surface area contributed by atoms with Crippen molar-refractivity contribution in [3.63, 3.8) is 0 Å². The molecule has 0 aliphatic heterocycles. The third-order valence-electron chi connectivity index (χ3n) is 4.66. The normalized spacial score (nSPS) is 17.0. The van der Waals surface area contributed by atoms with E-state index in [2.05, 4.69) is 4.99 Å². The lowest BCUT2D eigenvalue weighted by Gasteiger charge is -2.06. The maximum absolute atomic E-state index is 9.85. The molecule has 0 radical (unpaired) electrons. The smallest absolute Gasteiger partial charge is 0.209 e. The number of phenolic OH excluding ortho intramolecular Hbond substituents is 2. The Morgan fingerprint density at radius 1 is 0.920 bits per heavy atom. The molecule has 1 aliphatic carbocycles. The quantitative estimate of drug-likeness (QED) is 0.694. The average molecular weight is 359 g/mol. The predicted molar refractivity (Wildman–Crippen MR) is 103 cm³/mol. The largest absolute Gasteiger partial charge is 0.508 e. The lowest BCUT2D eigenvalue weighted by atomic mass is 10.0. The summed E-state index contributed by atoms with van der Waals surface area (Å²) in [6.07, 6.45) is 14.2. The number of fused-ring (bicyclic) bond motifs is 1. The Bertz CT molecular complexity index is 695. The SMILES string of the molecule is Oc1ccc(/C=N/c2nc3c(s2)CCCCCCCCCC3)c(O)c1. The van der Waals surface area contributed by atoms with Crippen molar-refractivity contribution in [2.45, 2.75) is 64.2 Å². The number of aryl methyl sites for hydroxylation is 2. The molecule has 1 aromatic heterocycles. The Hall–Kier alpha value is -1.88. The summed E-state index contributed by atoms with van der Waals surface area (Å²) in [6, 6.07) is 4.52. The summed E-state index contributed by atoms with van der Waals surface area (Å²) in [5.74, 6) is 0.0741. The van der Waals surface area contributed by atoms with Gasteiger partial charge >= 0.3 is 0 Å². The van der Waals surface area contributed by atoms with E-state index in [1.54, 1.807) is 29.7 Å². The Morgan fingerprint density at radius 3 is 2.32 bits per heavy atom. The first-order valence-corrected chi connectivity index (χ1v) is 10.1. The molecule has 1 heterocycles. The van der Waals surface area contributed by atoms with Crippen LogP contribution in [0.5, 0.6) is 11.5 Å². The topological polar surface area (TPSA) is 65.7 Å². The van der Waals surface area contributed by atoms with Gasteiger partial charge in [-0.15, -0.1) is 0 Å². The molecule has 0 unspecified atom stereocenters. The highest BCUT2D eigenvalue weighted by atomic mass is 32.1. The molecule has 0 atom stereocenters. The first-order chi connectivity index (χ1) is 12.2. The van der Waals surface area contributed by atoms with Gasteiger partial charge in [0.1, 0.15) is 11.5 Å². The van der Waals surface area contributed by atoms with Gasteiger partial charge in [-0.3, -0.25) is 0 Å². The molecule has 3 rings (SSSR count). The molecule has 2 aromatic rings. The molecular formula is C20H26N2O2S. The van der Waals surface area contributed by atoms with Crippen LogP contribution in [-0.4, -0.2) is 21.4 Å². The maximum Gasteiger partial charge on any atom is 0.209 e. The van der Waals surface area contributed by atoms with Crippen molar-refractivity contribution in [1.29, 1.82) is 0 Å². The molecule has 2 N–H and O–H groups in total. The highest BCUT2D eigenvalue weighted by Crippen LogP contribution is 2.30. The molecular weight excluding hydrogens is 332 g/mol. The minimum Gasteiger partial charge on any atom is -0.508 e. The second-order valence-corrected chi connectivity index (χ2v) is 7.76. The van der Waals surface area contributed by atoms with Crippen LogP contribution in [-0.2, 0) is 12.8 Å². The summed E-state index contributed by atoms with van der Waals surface area (Å²) in [5.41, 5.74) is 1.80. The molecule has 0 saturated carbocycles. The standard InChI is InChI=1S/C20H26N2O2S/c23-16-12-11-15(18(24)13-16)14-21-20-22-17-9-7-5-3-1-2-4-6-8-10-19(17)25-20/h11-14,23-24H,1-10H2/b21-14+. The average Bonchev–Trinajstić information content (AvgIpc) is 2.96. The third-order valence-corrected chi connectivity index (χ3v) is 5.73. The van der Waals surface area contributed by atoms with Gasteiger partial charge in [-0.25, -0.2) is 9.98 Å². The Kier molecular flexibility index (Phi) is 6.45. The number of thiazole rings is 1. The van der Waals surface area contributed by atoms with Gasteiger partial charge in [-0.05, 0) is 37.8 Å². The fraction of sp³-hybridized carbons (Fsp3) is 0.500. The number of aromatic hydroxyl groups is 2. The van der Waals surface area contributed by atoms with Crippen LogP contribution in [0.15, 0.2) is 23.2 Å². The fourth-order valence-electron chi connectivity index (χ4n) is 3.22. The zero-order valence-corrected chi connectivity index (χ0v) is 15.4. The van der Waals surface area contributed by atoms with Crippen molar-refractivity contribution in [3.8, 4) is 11.5 Å². The van der Waals surface area contributed by atoms with Crippen molar-refractivity contribution >= 4 is 22.7 Å². The first-order valence-electron chi connectivity index (χ1n) is 9.27. The highest BCUT2D eigenvalue weighted by Gasteiger charge is 2.11. The van der Waals surface area contributed by atoms with E-state index < -0.39 is 0 Å². The Morgan fingerprint density at radius 2 is 1.60 bits per heavy atom. The van der Waals surface area contributed by atoms with Crippen LogP contribution in [0.2, 0.25) is 0 Å². The van der Waals surface area contributed by atoms with Gasteiger partial charge in [-0.2, -0.15) is 0 Å². The molecule has 0 amide bonds. The lowest BCUT2D eigenvalue weighted by Crippen LogP contribution is -1.94. The molecule has 134 valence electrons. The van der Waals surface area contributed by atoms with Gasteiger partial charge < -0.3 is 10.2 Å². The van der Waals surface area contributed by atoms with Crippen LogP contribution in [0, 0.1) is 0 Å². The van der Waals surface area contributed by atoms with Gasteiger partial charge in [0.25, 0.3) is 0 Å². The van der Waals surface area contributed by atoms with E-state index >= 15 is 0 Å². The second-order valence-electron chi connectivity index (χ2n) is 6.70. The van der Waals surface area contributed by atoms with Crippen LogP contribution >= 0.6 is 11.3 Å². The summed E-state index contributed by atoms with van der Waals surface area (Å²) in [5, 5.41) is 20.0. The number of rotatable bonds is 2. The summed E-state index contributed by atoms with van der Waals surface area (Å²) < 4.78 is 0. The molecule has 1 aromatic carbocycles. The molecule has 5 heteroatoms. The molecule has 25 heavy (non-hydrogen) atoms. The maximum atomic E-state index is 9.85. The highest BCUT2D eigenvalue weighted by molar-refractivity contribution is 7.15. The van der Waals surface area contributed by atoms with Crippen LogP contribution in [0.25, 0.3) is 0 Å². The van der Waals surface area contributed by atoms with Crippen molar-refractivity contribution < 1.29 is 10.2 Å². The minimum atomic E-state index is 0.0270. The van der Waals surface area contributed by atoms with Crippen LogP contribution < -0.4 is 0 Å². The van der Waals surface area contributed by atoms with Gasteiger partial charge in [0.15, 0.2) is 0 Å². The van der Waals surface area contributed by atoms with Crippen molar-refractivity contribution in [2.75, 3.05) is 0 Å². The van der Waals surface area contributed by atoms with E-state index in [4.69, 9.17) is 4.98 Å². The zero-order chi connectivity index (χ0) is 17.5. The van der Waals surface area contributed by atoms with Gasteiger partial charge in [0.2, 0.25) is 5.13 Å². The van der Waals surface area contributed by atoms with E-state index in [1.165, 1.54) is 68.0 Å². The lowest BCUT2D eigenvalue weighted by molar-refractivity contribution is 0.450.